The van der Waals surface area contributed by atoms with Gasteiger partial charge in [-0.2, -0.15) is 0 Å². The zero-order chi connectivity index (χ0) is 27.0. The number of phenolic OH excluding ortho intramolecular Hbond substituents is 1. The van der Waals surface area contributed by atoms with Crippen LogP contribution in [0.1, 0.15) is 64.9 Å². The van der Waals surface area contributed by atoms with Gasteiger partial charge in [-0.05, 0) is 73.4 Å². The highest BCUT2D eigenvalue weighted by atomic mass is 16.5. The van der Waals surface area contributed by atoms with Gasteiger partial charge in [0.2, 0.25) is 11.8 Å². The zero-order valence-electron chi connectivity index (χ0n) is 22.7. The van der Waals surface area contributed by atoms with Crippen LogP contribution >= 0.6 is 0 Å². The number of benzene rings is 2. The Hall–Kier alpha value is -2.90. The number of rotatable bonds is 8. The summed E-state index contributed by atoms with van der Waals surface area (Å²) in [6, 6.07) is 11.6. The van der Waals surface area contributed by atoms with Crippen molar-refractivity contribution in [1.82, 2.24) is 4.90 Å². The summed E-state index contributed by atoms with van der Waals surface area (Å²) in [5.74, 6) is -0.672. The molecule has 3 aliphatic rings. The molecule has 0 saturated carbocycles. The molecule has 2 aliphatic heterocycles. The number of nitrogens with zero attached hydrogens (tertiary/aromatic N) is 1. The molecule has 0 spiro atoms. The Labute approximate surface area is 225 Å². The molecule has 7 heteroatoms. The van der Waals surface area contributed by atoms with Gasteiger partial charge in [0, 0.05) is 11.9 Å². The molecule has 2 saturated heterocycles. The van der Waals surface area contributed by atoms with Gasteiger partial charge in [0.25, 0.3) is 0 Å². The Kier molecular flexibility index (Phi) is 7.78. The molecular weight excluding hydrogens is 477 g/mol. The van der Waals surface area contributed by atoms with Gasteiger partial charge < -0.3 is 14.8 Å². The van der Waals surface area contributed by atoms with E-state index >= 15 is 0 Å². The van der Waals surface area contributed by atoms with Gasteiger partial charge in [-0.3, -0.25) is 14.5 Å². The van der Waals surface area contributed by atoms with Crippen molar-refractivity contribution in [2.24, 2.45) is 17.8 Å². The summed E-state index contributed by atoms with van der Waals surface area (Å²) in [6.07, 6.45) is 6.85. The Balaban J connectivity index is 1.42. The first-order valence-electron chi connectivity index (χ1n) is 14.2. The molecule has 2 aromatic rings. The number of carbonyl (C=O) groups excluding carboxylic acids is 2. The second kappa shape index (κ2) is 11.1. The molecule has 0 radical (unpaired) electrons. The number of aromatic hydroxyl groups is 1. The predicted octanol–water partition coefficient (Wildman–Crippen LogP) is 5.74. The van der Waals surface area contributed by atoms with Crippen molar-refractivity contribution >= 4 is 35.8 Å². The first-order chi connectivity index (χ1) is 18.4. The van der Waals surface area contributed by atoms with E-state index in [1.54, 1.807) is 6.07 Å². The molecule has 200 valence electrons. The van der Waals surface area contributed by atoms with Crippen molar-refractivity contribution in [3.63, 3.8) is 0 Å². The van der Waals surface area contributed by atoms with E-state index in [0.717, 1.165) is 47.6 Å². The Bertz CT molecular complexity index is 1300. The molecule has 2 N–H and O–H groups in total. The van der Waals surface area contributed by atoms with Crippen LogP contribution in [-0.2, 0) is 14.2 Å². The fourth-order valence-electron chi connectivity index (χ4n) is 6.93. The third kappa shape index (κ3) is 4.71. The molecule has 2 heterocycles. The van der Waals surface area contributed by atoms with Gasteiger partial charge in [0.15, 0.2) is 0 Å². The average molecular weight is 515 g/mol. The highest BCUT2D eigenvalue weighted by Crippen LogP contribution is 2.51. The van der Waals surface area contributed by atoms with Crippen molar-refractivity contribution in [2.75, 3.05) is 6.54 Å². The summed E-state index contributed by atoms with van der Waals surface area (Å²) in [5, 5.41) is 22.8. The number of allylic oxidation sites excluding steroid dienone is 2. The minimum atomic E-state index is -0.941. The van der Waals surface area contributed by atoms with E-state index in [4.69, 9.17) is 4.65 Å². The van der Waals surface area contributed by atoms with Crippen LogP contribution in [0.2, 0.25) is 6.32 Å². The van der Waals surface area contributed by atoms with Crippen LogP contribution in [0, 0.1) is 17.8 Å². The van der Waals surface area contributed by atoms with Crippen LogP contribution in [0.3, 0.4) is 0 Å². The van der Waals surface area contributed by atoms with Crippen LogP contribution < -0.4 is 0 Å². The zero-order valence-corrected chi connectivity index (χ0v) is 22.7. The number of imide groups is 1. The minimum absolute atomic E-state index is 0.0401. The van der Waals surface area contributed by atoms with E-state index < -0.39 is 7.12 Å². The Morgan fingerprint density at radius 3 is 2.55 bits per heavy atom. The van der Waals surface area contributed by atoms with Crippen LogP contribution in [0.25, 0.3) is 16.8 Å². The highest BCUT2D eigenvalue weighted by Gasteiger charge is 2.56. The molecule has 6 nitrogen and oxygen atoms in total. The lowest BCUT2D eigenvalue weighted by Gasteiger charge is -2.43. The second-order valence-corrected chi connectivity index (χ2v) is 10.9. The van der Waals surface area contributed by atoms with Crippen molar-refractivity contribution in [3.8, 4) is 5.75 Å². The molecule has 2 aromatic carbocycles. The van der Waals surface area contributed by atoms with E-state index in [1.807, 2.05) is 37.3 Å². The predicted molar refractivity (Wildman–Crippen MR) is 150 cm³/mol. The third-order valence-electron chi connectivity index (χ3n) is 8.75. The van der Waals surface area contributed by atoms with Crippen LogP contribution in [0.5, 0.6) is 5.75 Å². The van der Waals surface area contributed by atoms with Crippen molar-refractivity contribution < 1.29 is 24.4 Å². The summed E-state index contributed by atoms with van der Waals surface area (Å²) < 4.78 is 6.13. The molecule has 4 atom stereocenters. The lowest BCUT2D eigenvalue weighted by atomic mass is 9.58. The van der Waals surface area contributed by atoms with Crippen LogP contribution in [0.15, 0.2) is 53.1 Å². The van der Waals surface area contributed by atoms with Crippen molar-refractivity contribution in [3.05, 3.63) is 58.7 Å². The highest BCUT2D eigenvalue weighted by molar-refractivity contribution is 6.43. The fourth-order valence-corrected chi connectivity index (χ4v) is 6.93. The summed E-state index contributed by atoms with van der Waals surface area (Å²) in [5.41, 5.74) is 4.70. The SMILES string of the molecule is CCCN1C(=O)[C@@H]2[C@@H](CC(CC)=C3[C@@H](CC/C(=C/c4ccc(O)c5ccccc45)CC)OB(O)C[C@@H]32)C1=O. The topological polar surface area (TPSA) is 87.1 Å². The number of hydrogen-bond donors (Lipinski definition) is 2. The number of carbonyl (C=O) groups is 2. The molecule has 5 rings (SSSR count). The molecule has 1 aliphatic carbocycles. The average Bonchev–Trinajstić information content (AvgIpc) is 3.16. The number of hydrogen-bond acceptors (Lipinski definition) is 5. The lowest BCUT2D eigenvalue weighted by Crippen LogP contribution is -2.46. The minimum Gasteiger partial charge on any atom is -0.507 e. The Morgan fingerprint density at radius 2 is 1.84 bits per heavy atom. The molecule has 0 bridgehead atoms. The van der Waals surface area contributed by atoms with E-state index in [9.17, 15) is 19.7 Å². The van der Waals surface area contributed by atoms with Gasteiger partial charge in [0.1, 0.15) is 5.75 Å². The third-order valence-corrected chi connectivity index (χ3v) is 8.75. The van der Waals surface area contributed by atoms with Gasteiger partial charge >= 0.3 is 7.12 Å². The molecule has 0 unspecified atom stereocenters. The van der Waals surface area contributed by atoms with E-state index in [-0.39, 0.29) is 41.4 Å². The Morgan fingerprint density at radius 1 is 1.08 bits per heavy atom. The summed E-state index contributed by atoms with van der Waals surface area (Å²) >= 11 is 0. The van der Waals surface area contributed by atoms with E-state index in [2.05, 4.69) is 19.9 Å². The van der Waals surface area contributed by atoms with Crippen molar-refractivity contribution in [1.29, 1.82) is 0 Å². The first kappa shape index (κ1) is 26.7. The summed E-state index contributed by atoms with van der Waals surface area (Å²) in [7, 11) is -0.941. The molecule has 2 amide bonds. The second-order valence-electron chi connectivity index (χ2n) is 10.9. The largest absolute Gasteiger partial charge is 0.507 e. The van der Waals surface area contributed by atoms with Crippen LogP contribution in [0.4, 0.5) is 0 Å². The molecule has 0 aromatic heterocycles. The normalized spacial score (nSPS) is 25.8. The van der Waals surface area contributed by atoms with Crippen LogP contribution in [-0.4, -0.2) is 46.6 Å². The number of phenols is 1. The molecular formula is C31H38BNO5. The summed E-state index contributed by atoms with van der Waals surface area (Å²) in [6.45, 7) is 6.70. The van der Waals surface area contributed by atoms with Gasteiger partial charge in [-0.1, -0.05) is 68.3 Å². The quantitative estimate of drug-likeness (QED) is 0.266. The maximum absolute atomic E-state index is 13.4. The lowest BCUT2D eigenvalue weighted by molar-refractivity contribution is -0.140. The standard InChI is InChI=1S/C31H38BNO5/c1-4-15-33-30(35)24-17-20(6-3)28-25(29(24)31(33)36)18-32(37)38-27(28)14-11-19(5-2)16-21-12-13-26(34)23-10-8-7-9-22(21)23/h7-10,12-13,16,24-25,27,29,34,37H,4-6,11,14-15,17-18H2,1-3H3/b19-16+/t24-,25+,27-,29-/m1/s1. The van der Waals surface area contributed by atoms with Gasteiger partial charge in [-0.25, -0.2) is 0 Å². The summed E-state index contributed by atoms with van der Waals surface area (Å²) in [4.78, 5) is 28.0. The molecule has 38 heavy (non-hydrogen) atoms. The number of likely N-dealkylation sites (tertiary alicyclic amines) is 1. The van der Waals surface area contributed by atoms with Gasteiger partial charge in [0.05, 0.1) is 17.9 Å². The van der Waals surface area contributed by atoms with E-state index in [0.29, 0.717) is 25.7 Å². The van der Waals surface area contributed by atoms with Gasteiger partial charge in [-0.15, -0.1) is 0 Å². The number of amides is 2. The fraction of sp³-hybridized carbons (Fsp3) is 0.484. The monoisotopic (exact) mass is 515 g/mol. The molecule has 2 fully saturated rings. The maximum Gasteiger partial charge on any atom is 0.455 e. The smallest absolute Gasteiger partial charge is 0.455 e. The first-order valence-corrected chi connectivity index (χ1v) is 14.2. The van der Waals surface area contributed by atoms with E-state index in [1.165, 1.54) is 16.0 Å². The number of fused-ring (bicyclic) bond motifs is 4. The maximum atomic E-state index is 13.4. The van der Waals surface area contributed by atoms with Crippen molar-refractivity contribution in [2.45, 2.75) is 71.7 Å².